The summed E-state index contributed by atoms with van der Waals surface area (Å²) in [6.45, 7) is 4.38. The van der Waals surface area contributed by atoms with Gasteiger partial charge in [0.15, 0.2) is 0 Å². The van der Waals surface area contributed by atoms with Crippen molar-refractivity contribution in [1.29, 1.82) is 0 Å². The highest BCUT2D eigenvalue weighted by atomic mass is 16.1. The largest absolute Gasteiger partial charge is 0.299 e. The van der Waals surface area contributed by atoms with Crippen LogP contribution in [0.15, 0.2) is 36.5 Å². The number of hydrogen-bond donors (Lipinski definition) is 0. The molecule has 0 unspecified atom stereocenters. The lowest BCUT2D eigenvalue weighted by atomic mass is 10.1. The Balaban J connectivity index is 0. The van der Waals surface area contributed by atoms with Crippen molar-refractivity contribution in [2.75, 3.05) is 0 Å². The highest BCUT2D eigenvalue weighted by Gasteiger charge is 1.85. The number of allylic oxidation sites excluding steroid dienone is 6. The Labute approximate surface area is 131 Å². The fourth-order valence-electron chi connectivity index (χ4n) is 1.62. The number of rotatable bonds is 12. The molecule has 0 atom stereocenters. The lowest BCUT2D eigenvalue weighted by Gasteiger charge is -1.94. The summed E-state index contributed by atoms with van der Waals surface area (Å²) in [6, 6.07) is 0. The first-order valence-corrected chi connectivity index (χ1v) is 8.20. The maximum Gasteiger partial charge on any atom is 0.142 e. The Hall–Kier alpha value is -1.44. The molecule has 0 bridgehead atoms. The molecule has 0 aliphatic rings. The third-order valence-corrected chi connectivity index (χ3v) is 2.85. The molecule has 0 saturated heterocycles. The molecular formula is C19H32O2. The van der Waals surface area contributed by atoms with Crippen LogP contribution >= 0.6 is 0 Å². The molecule has 0 aliphatic carbocycles. The maximum absolute atomic E-state index is 9.85. The van der Waals surface area contributed by atoms with E-state index in [1.54, 1.807) is 12.2 Å². The van der Waals surface area contributed by atoms with E-state index in [0.717, 1.165) is 25.4 Å². The second-order valence-electron chi connectivity index (χ2n) is 4.86. The van der Waals surface area contributed by atoms with Crippen molar-refractivity contribution in [2.45, 2.75) is 71.6 Å². The average Bonchev–Trinajstić information content (AvgIpc) is 2.51. The van der Waals surface area contributed by atoms with Gasteiger partial charge in [0.25, 0.3) is 0 Å². The third kappa shape index (κ3) is 27.7. The average molecular weight is 292 g/mol. The summed E-state index contributed by atoms with van der Waals surface area (Å²) in [4.78, 5) is 19.6. The van der Waals surface area contributed by atoms with Crippen LogP contribution in [0, 0.1) is 0 Å². The Kier molecular flexibility index (Phi) is 24.6. The SMILES string of the molecule is CCCC/C=C/C=C/C=O.CCCCCCC/C=C/C=O. The molecule has 0 spiro atoms. The van der Waals surface area contributed by atoms with Crippen molar-refractivity contribution < 1.29 is 9.59 Å². The van der Waals surface area contributed by atoms with Gasteiger partial charge in [-0.05, 0) is 31.4 Å². The molecule has 0 rings (SSSR count). The minimum atomic E-state index is 0.782. The van der Waals surface area contributed by atoms with Gasteiger partial charge in [-0.2, -0.15) is 0 Å². The van der Waals surface area contributed by atoms with E-state index in [1.165, 1.54) is 51.0 Å². The van der Waals surface area contributed by atoms with Crippen LogP contribution in [0.4, 0.5) is 0 Å². The van der Waals surface area contributed by atoms with Gasteiger partial charge in [0.2, 0.25) is 0 Å². The number of aldehydes is 2. The van der Waals surface area contributed by atoms with Gasteiger partial charge >= 0.3 is 0 Å². The minimum Gasteiger partial charge on any atom is -0.299 e. The number of unbranched alkanes of at least 4 members (excludes halogenated alkanes) is 7. The lowest BCUT2D eigenvalue weighted by molar-refractivity contribution is -0.104. The predicted octanol–water partition coefficient (Wildman–Crippen LogP) is 5.59. The van der Waals surface area contributed by atoms with Crippen LogP contribution in [0.25, 0.3) is 0 Å². The van der Waals surface area contributed by atoms with Crippen LogP contribution in [0.2, 0.25) is 0 Å². The van der Waals surface area contributed by atoms with Crippen LogP contribution in [0.5, 0.6) is 0 Å². The molecule has 0 N–H and O–H groups in total. The molecule has 0 radical (unpaired) electrons. The predicted molar refractivity (Wildman–Crippen MR) is 92.4 cm³/mol. The van der Waals surface area contributed by atoms with Gasteiger partial charge in [-0.25, -0.2) is 0 Å². The molecule has 2 heteroatoms. The van der Waals surface area contributed by atoms with Gasteiger partial charge in [0, 0.05) is 0 Å². The van der Waals surface area contributed by atoms with Crippen molar-refractivity contribution in [3.8, 4) is 0 Å². The second-order valence-corrected chi connectivity index (χ2v) is 4.86. The summed E-state index contributed by atoms with van der Waals surface area (Å²) in [5, 5.41) is 0. The highest BCUT2D eigenvalue weighted by Crippen LogP contribution is 2.04. The molecule has 0 aliphatic heterocycles. The molecule has 0 aromatic carbocycles. The molecule has 0 fully saturated rings. The zero-order valence-corrected chi connectivity index (χ0v) is 13.8. The highest BCUT2D eigenvalue weighted by molar-refractivity contribution is 5.65. The topological polar surface area (TPSA) is 34.1 Å². The number of hydrogen-bond acceptors (Lipinski definition) is 2. The molecule has 0 heterocycles. The molecule has 0 aromatic heterocycles. The summed E-state index contributed by atoms with van der Waals surface area (Å²) in [6.07, 6.45) is 23.5. The summed E-state index contributed by atoms with van der Waals surface area (Å²) in [5.74, 6) is 0. The fraction of sp³-hybridized carbons (Fsp3) is 0.579. The first-order valence-electron chi connectivity index (χ1n) is 8.20. The van der Waals surface area contributed by atoms with Crippen molar-refractivity contribution in [3.05, 3.63) is 36.5 Å². The first kappa shape index (κ1) is 21.9. The van der Waals surface area contributed by atoms with E-state index >= 15 is 0 Å². The molecule has 0 amide bonds. The monoisotopic (exact) mass is 292 g/mol. The molecule has 2 nitrogen and oxygen atoms in total. The van der Waals surface area contributed by atoms with E-state index in [-0.39, 0.29) is 0 Å². The van der Waals surface area contributed by atoms with E-state index in [1.807, 2.05) is 12.2 Å². The van der Waals surface area contributed by atoms with Crippen LogP contribution in [0.1, 0.15) is 71.6 Å². The standard InChI is InChI=1S/C10H18O.C9H14O/c1-2-3-4-5-6-7-8-9-10-11;1-2-3-4-5-6-7-8-9-10/h8-10H,2-7H2,1H3;5-9H,2-4H2,1H3/b9-8+;6-5+,8-7+. The summed E-state index contributed by atoms with van der Waals surface area (Å²) >= 11 is 0. The Morgan fingerprint density at radius 1 is 0.571 bits per heavy atom. The minimum absolute atomic E-state index is 0.782. The number of carbonyl (C=O) groups excluding carboxylic acids is 2. The van der Waals surface area contributed by atoms with Crippen molar-refractivity contribution in [2.24, 2.45) is 0 Å². The number of carbonyl (C=O) groups is 2. The fourth-order valence-corrected chi connectivity index (χ4v) is 1.62. The molecular weight excluding hydrogens is 260 g/mol. The van der Waals surface area contributed by atoms with Crippen LogP contribution < -0.4 is 0 Å². The van der Waals surface area contributed by atoms with E-state index in [2.05, 4.69) is 19.9 Å². The van der Waals surface area contributed by atoms with Gasteiger partial charge < -0.3 is 0 Å². The first-order chi connectivity index (χ1) is 10.3. The van der Waals surface area contributed by atoms with E-state index in [4.69, 9.17) is 0 Å². The zero-order chi connectivity index (χ0) is 16.0. The van der Waals surface area contributed by atoms with Gasteiger partial charge in [0.1, 0.15) is 12.6 Å². The Morgan fingerprint density at radius 3 is 1.76 bits per heavy atom. The molecule has 120 valence electrons. The normalized spacial score (nSPS) is 11.0. The summed E-state index contributed by atoms with van der Waals surface area (Å²) in [5.41, 5.74) is 0. The zero-order valence-electron chi connectivity index (χ0n) is 13.8. The van der Waals surface area contributed by atoms with Gasteiger partial charge in [0.05, 0.1) is 0 Å². The molecule has 0 aromatic rings. The van der Waals surface area contributed by atoms with E-state index < -0.39 is 0 Å². The molecule has 0 saturated carbocycles. The van der Waals surface area contributed by atoms with Crippen molar-refractivity contribution in [3.63, 3.8) is 0 Å². The van der Waals surface area contributed by atoms with Gasteiger partial charge in [-0.3, -0.25) is 9.59 Å². The van der Waals surface area contributed by atoms with Gasteiger partial charge in [-0.15, -0.1) is 0 Å². The van der Waals surface area contributed by atoms with Crippen molar-refractivity contribution in [1.82, 2.24) is 0 Å². The lowest BCUT2D eigenvalue weighted by Crippen LogP contribution is -1.75. The van der Waals surface area contributed by atoms with Gasteiger partial charge in [-0.1, -0.05) is 76.7 Å². The maximum atomic E-state index is 9.85. The Bertz CT molecular complexity index is 288. The van der Waals surface area contributed by atoms with E-state index in [0.29, 0.717) is 0 Å². The smallest absolute Gasteiger partial charge is 0.142 e. The van der Waals surface area contributed by atoms with Crippen LogP contribution in [-0.4, -0.2) is 12.6 Å². The summed E-state index contributed by atoms with van der Waals surface area (Å²) in [7, 11) is 0. The molecule has 21 heavy (non-hydrogen) atoms. The second kappa shape index (κ2) is 23.6. The van der Waals surface area contributed by atoms with Crippen LogP contribution in [0.3, 0.4) is 0 Å². The van der Waals surface area contributed by atoms with E-state index in [9.17, 15) is 9.59 Å². The quantitative estimate of drug-likeness (QED) is 0.203. The van der Waals surface area contributed by atoms with Crippen molar-refractivity contribution >= 4 is 12.6 Å². The Morgan fingerprint density at radius 2 is 1.14 bits per heavy atom. The third-order valence-electron chi connectivity index (χ3n) is 2.85. The van der Waals surface area contributed by atoms with Crippen LogP contribution in [-0.2, 0) is 9.59 Å². The summed E-state index contributed by atoms with van der Waals surface area (Å²) < 4.78 is 0.